The van der Waals surface area contributed by atoms with E-state index in [1.54, 1.807) is 24.4 Å². The topological polar surface area (TPSA) is 68.7 Å². The molecule has 2 heterocycles. The van der Waals surface area contributed by atoms with Crippen LogP contribution in [0.2, 0.25) is 0 Å². The van der Waals surface area contributed by atoms with Crippen molar-refractivity contribution in [2.24, 2.45) is 0 Å². The highest BCUT2D eigenvalue weighted by Gasteiger charge is 2.42. The van der Waals surface area contributed by atoms with E-state index in [0.717, 1.165) is 16.9 Å². The van der Waals surface area contributed by atoms with Crippen LogP contribution in [0.4, 0.5) is 0 Å². The van der Waals surface area contributed by atoms with E-state index in [9.17, 15) is 9.59 Å². The highest BCUT2D eigenvalue weighted by atomic mass is 16.5. The number of rotatable bonds is 5. The minimum atomic E-state index is -0.749. The molecule has 2 aromatic rings. The number of ether oxygens (including phenoxy) is 2. The standard InChI is InChI=1S/C19H20N2O4/c1-13(22)25-18-10-17(15-4-3-9-20-11-15)21(19(18)23)12-14-5-7-16(24-2)8-6-14/h3-9,11,17-18H,10,12H2,1-2H3/t17-,18+/m1/s1. The molecule has 6 nitrogen and oxygen atoms in total. The molecule has 1 aliphatic rings. The third-order valence-corrected chi connectivity index (χ3v) is 4.26. The van der Waals surface area contributed by atoms with E-state index < -0.39 is 12.1 Å². The monoisotopic (exact) mass is 340 g/mol. The Bertz CT molecular complexity index is 746. The van der Waals surface area contributed by atoms with Gasteiger partial charge in [-0.1, -0.05) is 18.2 Å². The number of carbonyl (C=O) groups excluding carboxylic acids is 2. The summed E-state index contributed by atoms with van der Waals surface area (Å²) >= 11 is 0. The molecule has 0 bridgehead atoms. The summed E-state index contributed by atoms with van der Waals surface area (Å²) in [6, 6.07) is 11.2. The van der Waals surface area contributed by atoms with E-state index in [-0.39, 0.29) is 11.9 Å². The first-order valence-corrected chi connectivity index (χ1v) is 8.09. The van der Waals surface area contributed by atoms with Crippen LogP contribution in [0.25, 0.3) is 0 Å². The third kappa shape index (κ3) is 3.79. The average Bonchev–Trinajstić information content (AvgIpc) is 2.92. The maximum absolute atomic E-state index is 12.8. The Labute approximate surface area is 146 Å². The summed E-state index contributed by atoms with van der Waals surface area (Å²) in [6.07, 6.45) is 3.12. The molecule has 0 aliphatic carbocycles. The van der Waals surface area contributed by atoms with Crippen molar-refractivity contribution >= 4 is 11.9 Å². The Kier molecular flexibility index (Phi) is 4.97. The third-order valence-electron chi connectivity index (χ3n) is 4.26. The average molecular weight is 340 g/mol. The van der Waals surface area contributed by atoms with Gasteiger partial charge in [-0.25, -0.2) is 0 Å². The maximum Gasteiger partial charge on any atom is 0.303 e. The zero-order chi connectivity index (χ0) is 17.8. The van der Waals surface area contributed by atoms with Gasteiger partial charge in [0.05, 0.1) is 13.2 Å². The van der Waals surface area contributed by atoms with E-state index in [4.69, 9.17) is 9.47 Å². The molecular formula is C19H20N2O4. The number of pyridine rings is 1. The maximum atomic E-state index is 12.8. The summed E-state index contributed by atoms with van der Waals surface area (Å²) in [4.78, 5) is 29.9. The summed E-state index contributed by atoms with van der Waals surface area (Å²) in [7, 11) is 1.61. The molecule has 0 unspecified atom stereocenters. The number of amides is 1. The Morgan fingerprint density at radius 3 is 2.64 bits per heavy atom. The molecule has 1 aliphatic heterocycles. The van der Waals surface area contributed by atoms with E-state index in [0.29, 0.717) is 13.0 Å². The molecule has 2 atom stereocenters. The van der Waals surface area contributed by atoms with Crippen LogP contribution in [0.3, 0.4) is 0 Å². The lowest BCUT2D eigenvalue weighted by Gasteiger charge is -2.24. The van der Waals surface area contributed by atoms with Crippen molar-refractivity contribution in [1.82, 2.24) is 9.88 Å². The normalized spacial score (nSPS) is 19.8. The van der Waals surface area contributed by atoms with Crippen LogP contribution in [0.5, 0.6) is 5.75 Å². The van der Waals surface area contributed by atoms with Crippen LogP contribution in [0, 0.1) is 0 Å². The number of likely N-dealkylation sites (tertiary alicyclic amines) is 1. The first-order chi connectivity index (χ1) is 12.1. The Morgan fingerprint density at radius 1 is 1.28 bits per heavy atom. The second-order valence-corrected chi connectivity index (χ2v) is 5.95. The molecule has 6 heteroatoms. The number of carbonyl (C=O) groups is 2. The van der Waals surface area contributed by atoms with E-state index in [1.165, 1.54) is 6.92 Å². The fourth-order valence-corrected chi connectivity index (χ4v) is 3.07. The second-order valence-electron chi connectivity index (χ2n) is 5.95. The van der Waals surface area contributed by atoms with Crippen LogP contribution in [-0.2, 0) is 20.9 Å². The number of nitrogens with zero attached hydrogens (tertiary/aromatic N) is 2. The molecule has 1 fully saturated rings. The van der Waals surface area contributed by atoms with Crippen molar-refractivity contribution in [3.05, 3.63) is 59.9 Å². The van der Waals surface area contributed by atoms with Gasteiger partial charge in [-0.15, -0.1) is 0 Å². The number of aromatic nitrogens is 1. The molecule has 0 N–H and O–H groups in total. The van der Waals surface area contributed by atoms with Gasteiger partial charge >= 0.3 is 5.97 Å². The van der Waals surface area contributed by atoms with Crippen LogP contribution < -0.4 is 4.74 Å². The molecule has 1 amide bonds. The molecule has 0 saturated carbocycles. The number of methoxy groups -OCH3 is 1. The molecule has 1 aromatic carbocycles. The van der Waals surface area contributed by atoms with Gasteiger partial charge in [0.2, 0.25) is 0 Å². The lowest BCUT2D eigenvalue weighted by atomic mass is 10.1. The minimum Gasteiger partial charge on any atom is -0.497 e. The molecule has 1 aromatic heterocycles. The van der Waals surface area contributed by atoms with Gasteiger partial charge < -0.3 is 14.4 Å². The molecule has 130 valence electrons. The number of esters is 1. The first kappa shape index (κ1) is 17.0. The van der Waals surface area contributed by atoms with E-state index >= 15 is 0 Å². The fraction of sp³-hybridized carbons (Fsp3) is 0.316. The first-order valence-electron chi connectivity index (χ1n) is 8.09. The number of benzene rings is 1. The van der Waals surface area contributed by atoms with Crippen molar-refractivity contribution in [3.63, 3.8) is 0 Å². The zero-order valence-electron chi connectivity index (χ0n) is 14.2. The number of hydrogen-bond donors (Lipinski definition) is 0. The lowest BCUT2D eigenvalue weighted by molar-refractivity contribution is -0.154. The van der Waals surface area contributed by atoms with Crippen LogP contribution in [0.1, 0.15) is 30.5 Å². The highest BCUT2D eigenvalue weighted by molar-refractivity contribution is 5.86. The highest BCUT2D eigenvalue weighted by Crippen LogP contribution is 2.35. The zero-order valence-corrected chi connectivity index (χ0v) is 14.2. The minimum absolute atomic E-state index is 0.173. The van der Waals surface area contributed by atoms with Crippen molar-refractivity contribution in [2.75, 3.05) is 7.11 Å². The fourth-order valence-electron chi connectivity index (χ4n) is 3.07. The largest absolute Gasteiger partial charge is 0.497 e. The van der Waals surface area contributed by atoms with Gasteiger partial charge in [-0.3, -0.25) is 14.6 Å². The van der Waals surface area contributed by atoms with Crippen LogP contribution in [-0.4, -0.2) is 35.0 Å². The summed E-state index contributed by atoms with van der Waals surface area (Å²) in [6.45, 7) is 1.75. The Hall–Kier alpha value is -2.89. The molecule has 0 radical (unpaired) electrons. The van der Waals surface area contributed by atoms with Gasteiger partial charge in [0, 0.05) is 32.3 Å². The van der Waals surface area contributed by atoms with Gasteiger partial charge in [0.15, 0.2) is 6.10 Å². The number of hydrogen-bond acceptors (Lipinski definition) is 5. The van der Waals surface area contributed by atoms with Crippen molar-refractivity contribution < 1.29 is 19.1 Å². The van der Waals surface area contributed by atoms with Gasteiger partial charge in [-0.05, 0) is 29.3 Å². The van der Waals surface area contributed by atoms with Crippen molar-refractivity contribution in [3.8, 4) is 5.75 Å². The predicted octanol–water partition coefficient (Wildman–Crippen LogP) is 2.50. The smallest absolute Gasteiger partial charge is 0.303 e. The molecule has 25 heavy (non-hydrogen) atoms. The lowest BCUT2D eigenvalue weighted by Crippen LogP contribution is -2.32. The van der Waals surface area contributed by atoms with E-state index in [2.05, 4.69) is 4.98 Å². The second kappa shape index (κ2) is 7.34. The summed E-state index contributed by atoms with van der Waals surface area (Å²) in [5, 5.41) is 0. The molecule has 0 spiro atoms. The van der Waals surface area contributed by atoms with E-state index in [1.807, 2.05) is 36.4 Å². The van der Waals surface area contributed by atoms with Gasteiger partial charge in [0.25, 0.3) is 5.91 Å². The van der Waals surface area contributed by atoms with Gasteiger partial charge in [-0.2, -0.15) is 0 Å². The van der Waals surface area contributed by atoms with Gasteiger partial charge in [0.1, 0.15) is 5.75 Å². The summed E-state index contributed by atoms with van der Waals surface area (Å²) < 4.78 is 10.4. The Balaban J connectivity index is 1.85. The SMILES string of the molecule is COc1ccc(CN2C(=O)[C@@H](OC(C)=O)C[C@@H]2c2cccnc2)cc1. The summed E-state index contributed by atoms with van der Waals surface area (Å²) in [5.74, 6) is 0.132. The van der Waals surface area contributed by atoms with Crippen molar-refractivity contribution in [2.45, 2.75) is 32.0 Å². The molecule has 3 rings (SSSR count). The molecular weight excluding hydrogens is 320 g/mol. The Morgan fingerprint density at radius 2 is 2.04 bits per heavy atom. The van der Waals surface area contributed by atoms with Crippen LogP contribution >= 0.6 is 0 Å². The predicted molar refractivity (Wildman–Crippen MR) is 90.7 cm³/mol. The molecule has 1 saturated heterocycles. The van der Waals surface area contributed by atoms with Crippen molar-refractivity contribution in [1.29, 1.82) is 0 Å². The summed E-state index contributed by atoms with van der Waals surface area (Å²) in [5.41, 5.74) is 1.91. The van der Waals surface area contributed by atoms with Crippen LogP contribution in [0.15, 0.2) is 48.8 Å². The quantitative estimate of drug-likeness (QED) is 0.782.